The monoisotopic (exact) mass is 196 g/mol. The van der Waals surface area contributed by atoms with Crippen molar-refractivity contribution in [3.05, 3.63) is 12.7 Å². The van der Waals surface area contributed by atoms with E-state index in [2.05, 4.69) is 11.9 Å². The molecule has 1 saturated heterocycles. The van der Waals surface area contributed by atoms with Gasteiger partial charge in [0.15, 0.2) is 0 Å². The van der Waals surface area contributed by atoms with Crippen LogP contribution >= 0.6 is 0 Å². The maximum absolute atomic E-state index is 11.5. The topological polar surface area (TPSA) is 49.4 Å². The van der Waals surface area contributed by atoms with Gasteiger partial charge in [0, 0.05) is 13.6 Å². The largest absolute Gasteiger partial charge is 0.357 e. The standard InChI is InChI=1S/C10H16N2O2/c1-4-9(13)12-6-7(2)5-8(12)10(14)11-3/h4,7-8H,1,5-6H2,2-3H3,(H,11,14)/t7-,8+/m0/s1. The predicted octanol–water partition coefficient (Wildman–Crippen LogP) is 0.155. The van der Waals surface area contributed by atoms with E-state index in [-0.39, 0.29) is 17.9 Å². The van der Waals surface area contributed by atoms with Gasteiger partial charge < -0.3 is 10.2 Å². The molecule has 1 rings (SSSR count). The second-order valence-corrected chi connectivity index (χ2v) is 3.67. The molecule has 1 fully saturated rings. The van der Waals surface area contributed by atoms with Crippen LogP contribution in [0, 0.1) is 5.92 Å². The Kier molecular flexibility index (Phi) is 3.28. The first-order valence-corrected chi connectivity index (χ1v) is 4.74. The number of nitrogens with one attached hydrogen (secondary N) is 1. The highest BCUT2D eigenvalue weighted by atomic mass is 16.2. The van der Waals surface area contributed by atoms with Crippen LogP contribution in [-0.4, -0.2) is 36.3 Å². The third kappa shape index (κ3) is 1.95. The maximum Gasteiger partial charge on any atom is 0.246 e. The van der Waals surface area contributed by atoms with Gasteiger partial charge in [-0.3, -0.25) is 9.59 Å². The summed E-state index contributed by atoms with van der Waals surface area (Å²) in [6.45, 7) is 6.10. The molecule has 78 valence electrons. The molecular formula is C10H16N2O2. The van der Waals surface area contributed by atoms with Crippen LogP contribution in [0.15, 0.2) is 12.7 Å². The number of likely N-dealkylation sites (tertiary alicyclic amines) is 1. The summed E-state index contributed by atoms with van der Waals surface area (Å²) in [5, 5.41) is 2.57. The van der Waals surface area contributed by atoms with Gasteiger partial charge in [-0.05, 0) is 18.4 Å². The molecule has 14 heavy (non-hydrogen) atoms. The van der Waals surface area contributed by atoms with E-state index < -0.39 is 0 Å². The van der Waals surface area contributed by atoms with Gasteiger partial charge in [-0.15, -0.1) is 0 Å². The van der Waals surface area contributed by atoms with E-state index in [4.69, 9.17) is 0 Å². The van der Waals surface area contributed by atoms with E-state index in [1.165, 1.54) is 6.08 Å². The van der Waals surface area contributed by atoms with Crippen LogP contribution in [0.1, 0.15) is 13.3 Å². The summed E-state index contributed by atoms with van der Waals surface area (Å²) in [7, 11) is 1.59. The number of carbonyl (C=O) groups is 2. The van der Waals surface area contributed by atoms with Gasteiger partial charge in [0.25, 0.3) is 0 Å². The molecule has 1 heterocycles. The molecule has 0 unspecified atom stereocenters. The zero-order chi connectivity index (χ0) is 10.7. The lowest BCUT2D eigenvalue weighted by Gasteiger charge is -2.21. The Morgan fingerprint density at radius 3 is 2.71 bits per heavy atom. The van der Waals surface area contributed by atoms with E-state index in [9.17, 15) is 9.59 Å². The van der Waals surface area contributed by atoms with Gasteiger partial charge in [0.2, 0.25) is 11.8 Å². The number of rotatable bonds is 2. The molecule has 0 bridgehead atoms. The summed E-state index contributed by atoms with van der Waals surface area (Å²) < 4.78 is 0. The molecule has 0 aliphatic carbocycles. The molecule has 2 atom stereocenters. The minimum absolute atomic E-state index is 0.0930. The molecule has 4 nitrogen and oxygen atoms in total. The van der Waals surface area contributed by atoms with Crippen LogP contribution in [0.3, 0.4) is 0 Å². The van der Waals surface area contributed by atoms with E-state index in [0.29, 0.717) is 12.5 Å². The van der Waals surface area contributed by atoms with Crippen molar-refractivity contribution in [1.82, 2.24) is 10.2 Å². The molecule has 2 amide bonds. The lowest BCUT2D eigenvalue weighted by molar-refractivity contribution is -0.134. The van der Waals surface area contributed by atoms with Crippen molar-refractivity contribution < 1.29 is 9.59 Å². The first kappa shape index (κ1) is 10.8. The summed E-state index contributed by atoms with van der Waals surface area (Å²) in [6, 6.07) is -0.319. The first-order valence-electron chi connectivity index (χ1n) is 4.74. The molecule has 0 aromatic heterocycles. The first-order chi connectivity index (χ1) is 6.60. The summed E-state index contributed by atoms with van der Waals surface area (Å²) >= 11 is 0. The fourth-order valence-electron chi connectivity index (χ4n) is 1.82. The number of hydrogen-bond donors (Lipinski definition) is 1. The lowest BCUT2D eigenvalue weighted by Crippen LogP contribution is -2.44. The van der Waals surface area contributed by atoms with Crippen LogP contribution in [0.4, 0.5) is 0 Å². The molecule has 0 spiro atoms. The zero-order valence-electron chi connectivity index (χ0n) is 8.62. The average molecular weight is 196 g/mol. The van der Waals surface area contributed by atoms with Gasteiger partial charge in [0.05, 0.1) is 0 Å². The number of likely N-dealkylation sites (N-methyl/N-ethyl adjacent to an activating group) is 1. The molecular weight excluding hydrogens is 180 g/mol. The zero-order valence-corrected chi connectivity index (χ0v) is 8.62. The highest BCUT2D eigenvalue weighted by Gasteiger charge is 2.36. The molecule has 0 radical (unpaired) electrons. The van der Waals surface area contributed by atoms with E-state index in [0.717, 1.165) is 6.42 Å². The van der Waals surface area contributed by atoms with Crippen LogP contribution in [0.5, 0.6) is 0 Å². The minimum Gasteiger partial charge on any atom is -0.357 e. The lowest BCUT2D eigenvalue weighted by atomic mass is 10.1. The van der Waals surface area contributed by atoms with Crippen molar-refractivity contribution in [2.45, 2.75) is 19.4 Å². The van der Waals surface area contributed by atoms with Crippen molar-refractivity contribution in [3.8, 4) is 0 Å². The molecule has 1 aliphatic heterocycles. The Bertz CT molecular complexity index is 263. The summed E-state index contributed by atoms with van der Waals surface area (Å²) in [6.07, 6.45) is 1.99. The SMILES string of the molecule is C=CC(=O)N1C[C@@H](C)C[C@@H]1C(=O)NC. The van der Waals surface area contributed by atoms with Gasteiger partial charge in [-0.1, -0.05) is 13.5 Å². The van der Waals surface area contributed by atoms with Crippen LogP contribution < -0.4 is 5.32 Å². The van der Waals surface area contributed by atoms with Gasteiger partial charge in [-0.25, -0.2) is 0 Å². The number of hydrogen-bond acceptors (Lipinski definition) is 2. The number of amides is 2. The molecule has 0 saturated carbocycles. The Morgan fingerprint density at radius 1 is 1.57 bits per heavy atom. The second kappa shape index (κ2) is 4.26. The number of nitrogens with zero attached hydrogens (tertiary/aromatic N) is 1. The Hall–Kier alpha value is -1.32. The van der Waals surface area contributed by atoms with Crippen LogP contribution in [0.2, 0.25) is 0 Å². The van der Waals surface area contributed by atoms with Crippen molar-refractivity contribution in [3.63, 3.8) is 0 Å². The minimum atomic E-state index is -0.319. The normalized spacial score (nSPS) is 26.0. The van der Waals surface area contributed by atoms with Gasteiger partial charge in [0.1, 0.15) is 6.04 Å². The highest BCUT2D eigenvalue weighted by molar-refractivity contribution is 5.93. The summed E-state index contributed by atoms with van der Waals surface area (Å²) in [5.74, 6) is 0.119. The Balaban J connectivity index is 2.77. The molecule has 1 aliphatic rings. The smallest absolute Gasteiger partial charge is 0.246 e. The van der Waals surface area contributed by atoms with Crippen molar-refractivity contribution in [2.24, 2.45) is 5.92 Å². The van der Waals surface area contributed by atoms with Gasteiger partial charge in [-0.2, -0.15) is 0 Å². The fourth-order valence-corrected chi connectivity index (χ4v) is 1.82. The van der Waals surface area contributed by atoms with Crippen molar-refractivity contribution >= 4 is 11.8 Å². The second-order valence-electron chi connectivity index (χ2n) is 3.67. The molecule has 1 N–H and O–H groups in total. The quantitative estimate of drug-likeness (QED) is 0.639. The van der Waals surface area contributed by atoms with E-state index in [1.807, 2.05) is 6.92 Å². The van der Waals surface area contributed by atoms with Gasteiger partial charge >= 0.3 is 0 Å². The summed E-state index contributed by atoms with van der Waals surface area (Å²) in [5.41, 5.74) is 0. The number of carbonyl (C=O) groups excluding carboxylic acids is 2. The van der Waals surface area contributed by atoms with E-state index in [1.54, 1.807) is 11.9 Å². The molecule has 0 aromatic carbocycles. The average Bonchev–Trinajstić information content (AvgIpc) is 2.58. The summed E-state index contributed by atoms with van der Waals surface area (Å²) in [4.78, 5) is 24.4. The predicted molar refractivity (Wildman–Crippen MR) is 53.5 cm³/mol. The Morgan fingerprint density at radius 2 is 2.21 bits per heavy atom. The molecule has 4 heteroatoms. The fraction of sp³-hybridized carbons (Fsp3) is 0.600. The maximum atomic E-state index is 11.5. The van der Waals surface area contributed by atoms with Crippen LogP contribution in [0.25, 0.3) is 0 Å². The molecule has 0 aromatic rings. The van der Waals surface area contributed by atoms with E-state index >= 15 is 0 Å². The third-order valence-corrected chi connectivity index (χ3v) is 2.52. The van der Waals surface area contributed by atoms with Crippen molar-refractivity contribution in [2.75, 3.05) is 13.6 Å². The third-order valence-electron chi connectivity index (χ3n) is 2.52. The Labute approximate surface area is 84.0 Å². The highest BCUT2D eigenvalue weighted by Crippen LogP contribution is 2.22. The van der Waals surface area contributed by atoms with Crippen molar-refractivity contribution in [1.29, 1.82) is 0 Å². The van der Waals surface area contributed by atoms with Crippen LogP contribution in [-0.2, 0) is 9.59 Å².